The summed E-state index contributed by atoms with van der Waals surface area (Å²) in [6.07, 6.45) is 0. The molecular weight excluding hydrogens is 428 g/mol. The van der Waals surface area contributed by atoms with Crippen LogP contribution in [-0.4, -0.2) is 21.9 Å². The molecule has 8 nitrogen and oxygen atoms in total. The normalized spacial score (nSPS) is 11.2. The van der Waals surface area contributed by atoms with Gasteiger partial charge in [0.2, 0.25) is 0 Å². The third-order valence-corrected chi connectivity index (χ3v) is 4.82. The summed E-state index contributed by atoms with van der Waals surface area (Å²) >= 11 is 5.14. The lowest BCUT2D eigenvalue weighted by molar-refractivity contribution is -0.384. The van der Waals surface area contributed by atoms with E-state index in [4.69, 9.17) is 12.2 Å². The number of carbonyl (C=O) groups excluding carboxylic acids is 2. The highest BCUT2D eigenvalue weighted by molar-refractivity contribution is 7.80. The molecule has 0 fully saturated rings. The number of hydrogen-bond donors (Lipinski definition) is 3. The van der Waals surface area contributed by atoms with E-state index in [0.29, 0.717) is 11.3 Å². The highest BCUT2D eigenvalue weighted by Gasteiger charge is 2.13. The Morgan fingerprint density at radius 2 is 1.44 bits per heavy atom. The van der Waals surface area contributed by atoms with Gasteiger partial charge in [0.25, 0.3) is 17.5 Å². The average Bonchev–Trinajstić information content (AvgIpc) is 2.80. The Kier molecular flexibility index (Phi) is 7.25. The van der Waals surface area contributed by atoms with Crippen molar-refractivity contribution < 1.29 is 14.5 Å². The molecule has 0 saturated carbocycles. The lowest BCUT2D eigenvalue weighted by atomic mass is 10.1. The number of nitrogens with zero attached hydrogens (tertiary/aromatic N) is 1. The van der Waals surface area contributed by atoms with E-state index in [1.165, 1.54) is 24.3 Å². The van der Waals surface area contributed by atoms with Crippen LogP contribution in [0.15, 0.2) is 78.9 Å². The van der Waals surface area contributed by atoms with Crippen molar-refractivity contribution in [2.24, 2.45) is 0 Å². The summed E-state index contributed by atoms with van der Waals surface area (Å²) in [4.78, 5) is 34.9. The van der Waals surface area contributed by atoms with Crippen LogP contribution in [-0.2, 0) is 0 Å². The Labute approximate surface area is 189 Å². The number of amides is 2. The van der Waals surface area contributed by atoms with Crippen LogP contribution in [0.2, 0.25) is 0 Å². The number of nitro groups is 1. The van der Waals surface area contributed by atoms with Gasteiger partial charge in [0.15, 0.2) is 5.11 Å². The topological polar surface area (TPSA) is 113 Å². The minimum absolute atomic E-state index is 0.0586. The number of nitro benzene ring substituents is 1. The zero-order chi connectivity index (χ0) is 23.1. The van der Waals surface area contributed by atoms with Gasteiger partial charge in [-0.2, -0.15) is 0 Å². The van der Waals surface area contributed by atoms with Crippen LogP contribution in [0.1, 0.15) is 39.2 Å². The van der Waals surface area contributed by atoms with Gasteiger partial charge in [-0.25, -0.2) is 0 Å². The van der Waals surface area contributed by atoms with Crippen molar-refractivity contribution >= 4 is 40.5 Å². The van der Waals surface area contributed by atoms with Crippen LogP contribution in [0.5, 0.6) is 0 Å². The minimum Gasteiger partial charge on any atom is -0.346 e. The molecule has 0 aromatic heterocycles. The van der Waals surface area contributed by atoms with Crippen molar-refractivity contribution in [1.82, 2.24) is 10.6 Å². The zero-order valence-electron chi connectivity index (χ0n) is 17.1. The maximum Gasteiger partial charge on any atom is 0.269 e. The van der Waals surface area contributed by atoms with Crippen molar-refractivity contribution in [3.8, 4) is 0 Å². The fourth-order valence-electron chi connectivity index (χ4n) is 2.88. The van der Waals surface area contributed by atoms with Crippen LogP contribution in [0.25, 0.3) is 0 Å². The number of carbonyl (C=O) groups is 2. The number of thiocarbonyl (C=S) groups is 1. The monoisotopic (exact) mass is 448 g/mol. The first-order valence-electron chi connectivity index (χ1n) is 9.66. The van der Waals surface area contributed by atoms with Gasteiger partial charge in [0.1, 0.15) is 0 Å². The van der Waals surface area contributed by atoms with Crippen LogP contribution in [0.4, 0.5) is 11.4 Å². The summed E-state index contributed by atoms with van der Waals surface area (Å²) in [6.45, 7) is 1.91. The first-order valence-corrected chi connectivity index (χ1v) is 10.1. The van der Waals surface area contributed by atoms with E-state index in [2.05, 4.69) is 16.0 Å². The Bertz CT molecular complexity index is 1130. The molecule has 0 aliphatic rings. The van der Waals surface area contributed by atoms with Crippen molar-refractivity contribution in [1.29, 1.82) is 0 Å². The first kappa shape index (κ1) is 22.6. The van der Waals surface area contributed by atoms with E-state index in [-0.39, 0.29) is 28.3 Å². The van der Waals surface area contributed by atoms with E-state index >= 15 is 0 Å². The summed E-state index contributed by atoms with van der Waals surface area (Å²) in [5, 5.41) is 19.1. The smallest absolute Gasteiger partial charge is 0.269 e. The molecule has 1 unspecified atom stereocenters. The maximum atomic E-state index is 12.5. The maximum absolute atomic E-state index is 12.5. The third kappa shape index (κ3) is 5.96. The van der Waals surface area contributed by atoms with Crippen LogP contribution in [0.3, 0.4) is 0 Å². The number of hydrogen-bond acceptors (Lipinski definition) is 5. The lowest BCUT2D eigenvalue weighted by Crippen LogP contribution is -2.34. The average molecular weight is 449 g/mol. The van der Waals surface area contributed by atoms with Crippen LogP contribution in [0, 0.1) is 10.1 Å². The van der Waals surface area contributed by atoms with E-state index in [0.717, 1.165) is 5.56 Å². The summed E-state index contributed by atoms with van der Waals surface area (Å²) in [5.74, 6) is -0.703. The van der Waals surface area contributed by atoms with Gasteiger partial charge in [-0.3, -0.25) is 25.0 Å². The van der Waals surface area contributed by atoms with Gasteiger partial charge in [0.05, 0.1) is 11.0 Å². The fourth-order valence-corrected chi connectivity index (χ4v) is 3.09. The predicted octanol–water partition coefficient (Wildman–Crippen LogP) is 4.21. The third-order valence-electron chi connectivity index (χ3n) is 4.62. The summed E-state index contributed by atoms with van der Waals surface area (Å²) in [6, 6.07) is 21.3. The Morgan fingerprint density at radius 1 is 0.875 bits per heavy atom. The van der Waals surface area contributed by atoms with E-state index in [9.17, 15) is 19.7 Å². The summed E-state index contributed by atoms with van der Waals surface area (Å²) in [7, 11) is 0. The quantitative estimate of drug-likeness (QED) is 0.296. The number of non-ortho nitro benzene ring substituents is 1. The second-order valence-electron chi connectivity index (χ2n) is 6.90. The van der Waals surface area contributed by atoms with Crippen LogP contribution < -0.4 is 16.0 Å². The van der Waals surface area contributed by atoms with Gasteiger partial charge >= 0.3 is 0 Å². The molecule has 162 valence electrons. The van der Waals surface area contributed by atoms with Gasteiger partial charge in [0, 0.05) is 28.9 Å². The van der Waals surface area contributed by atoms with Gasteiger partial charge in [-0.15, -0.1) is 0 Å². The van der Waals surface area contributed by atoms with Crippen molar-refractivity contribution in [3.05, 3.63) is 106 Å². The molecule has 3 rings (SSSR count). The standard InChI is InChI=1S/C23H20N4O4S/c1-15(16-5-3-2-4-6-16)24-21(28)17-7-11-19(12-8-17)25-23(32)26-22(29)18-9-13-20(14-10-18)27(30)31/h2-15H,1H3,(H,24,28)(H2,25,26,29,32). The second kappa shape index (κ2) is 10.3. The summed E-state index contributed by atoms with van der Waals surface area (Å²) < 4.78 is 0. The molecular formula is C23H20N4O4S. The molecule has 0 radical (unpaired) electrons. The molecule has 0 aliphatic heterocycles. The largest absolute Gasteiger partial charge is 0.346 e. The van der Waals surface area contributed by atoms with Gasteiger partial charge < -0.3 is 10.6 Å². The molecule has 0 saturated heterocycles. The zero-order valence-corrected chi connectivity index (χ0v) is 17.9. The number of nitrogens with one attached hydrogen (secondary N) is 3. The molecule has 32 heavy (non-hydrogen) atoms. The molecule has 1 atom stereocenters. The molecule has 9 heteroatoms. The van der Waals surface area contributed by atoms with Gasteiger partial charge in [-0.05, 0) is 61.1 Å². The Hall–Kier alpha value is -4.11. The van der Waals surface area contributed by atoms with Crippen molar-refractivity contribution in [2.75, 3.05) is 5.32 Å². The Balaban J connectivity index is 1.54. The predicted molar refractivity (Wildman–Crippen MR) is 126 cm³/mol. The highest BCUT2D eigenvalue weighted by Crippen LogP contribution is 2.15. The second-order valence-corrected chi connectivity index (χ2v) is 7.30. The molecule has 2 amide bonds. The number of rotatable bonds is 6. The number of benzene rings is 3. The van der Waals surface area contributed by atoms with Crippen molar-refractivity contribution in [2.45, 2.75) is 13.0 Å². The van der Waals surface area contributed by atoms with Gasteiger partial charge in [-0.1, -0.05) is 30.3 Å². The van der Waals surface area contributed by atoms with E-state index in [1.54, 1.807) is 24.3 Å². The fraction of sp³-hybridized carbons (Fsp3) is 0.0870. The molecule has 0 heterocycles. The van der Waals surface area contributed by atoms with E-state index < -0.39 is 10.8 Å². The van der Waals surface area contributed by atoms with Crippen molar-refractivity contribution in [3.63, 3.8) is 0 Å². The summed E-state index contributed by atoms with van der Waals surface area (Å²) in [5.41, 5.74) is 2.21. The van der Waals surface area contributed by atoms with Crippen LogP contribution >= 0.6 is 12.2 Å². The molecule has 0 aliphatic carbocycles. The molecule has 3 aromatic carbocycles. The first-order chi connectivity index (χ1) is 15.3. The molecule has 0 bridgehead atoms. The lowest BCUT2D eigenvalue weighted by Gasteiger charge is -2.15. The molecule has 3 aromatic rings. The molecule has 0 spiro atoms. The highest BCUT2D eigenvalue weighted by atomic mass is 32.1. The number of anilines is 1. The Morgan fingerprint density at radius 3 is 2.03 bits per heavy atom. The SMILES string of the molecule is CC(NC(=O)c1ccc(NC(=S)NC(=O)c2ccc([N+](=O)[O-])cc2)cc1)c1ccccc1. The molecule has 3 N–H and O–H groups in total. The van der Waals surface area contributed by atoms with E-state index in [1.807, 2.05) is 37.3 Å². The minimum atomic E-state index is -0.542.